The maximum absolute atomic E-state index is 12.8. The van der Waals surface area contributed by atoms with Crippen molar-refractivity contribution in [2.45, 2.75) is 59.2 Å². The van der Waals surface area contributed by atoms with Gasteiger partial charge in [0.25, 0.3) is 0 Å². The van der Waals surface area contributed by atoms with Crippen molar-refractivity contribution in [1.82, 2.24) is 29.6 Å². The van der Waals surface area contributed by atoms with Crippen molar-refractivity contribution >= 4 is 33.7 Å². The lowest BCUT2D eigenvalue weighted by Gasteiger charge is -2.45. The highest BCUT2D eigenvalue weighted by Crippen LogP contribution is 2.37. The molecule has 5 rings (SSSR count). The Balaban J connectivity index is 1.43. The molecule has 2 atom stereocenters. The Morgan fingerprint density at radius 2 is 1.80 bits per heavy atom. The number of carbonyl (C=O) groups is 1. The number of aryl methyl sites for hydroxylation is 2. The third kappa shape index (κ3) is 5.38. The molecule has 1 amide bonds. The number of rotatable bonds is 5. The molecule has 0 N–H and O–H groups in total. The summed E-state index contributed by atoms with van der Waals surface area (Å²) in [6.45, 7) is 13.1. The average Bonchev–Trinajstić information content (AvgIpc) is 3.26. The number of piperazine rings is 1. The minimum Gasteiger partial charge on any atom is -0.466 e. The van der Waals surface area contributed by atoms with E-state index in [9.17, 15) is 4.79 Å². The summed E-state index contributed by atoms with van der Waals surface area (Å²) in [6.07, 6.45) is 5.31. The zero-order valence-electron chi connectivity index (χ0n) is 24.4. The van der Waals surface area contributed by atoms with Gasteiger partial charge in [-0.25, -0.2) is 19.7 Å². The summed E-state index contributed by atoms with van der Waals surface area (Å²) in [5.74, 6) is 1.15. The predicted molar refractivity (Wildman–Crippen MR) is 153 cm³/mol. The van der Waals surface area contributed by atoms with Crippen LogP contribution in [0.15, 0.2) is 30.7 Å². The second kappa shape index (κ2) is 10.5. The minimum absolute atomic E-state index is 0.0240. The molecule has 0 saturated carbocycles. The number of nitrogens with zero attached hydrogens (tertiary/aromatic N) is 7. The maximum atomic E-state index is 12.8. The third-order valence-electron chi connectivity index (χ3n) is 6.97. The number of ether oxygens (including phenoxy) is 3. The molecule has 4 heterocycles. The van der Waals surface area contributed by atoms with E-state index in [1.165, 1.54) is 0 Å². The molecule has 0 spiro atoms. The van der Waals surface area contributed by atoms with Crippen molar-refractivity contribution in [1.29, 1.82) is 0 Å². The van der Waals surface area contributed by atoms with Crippen molar-refractivity contribution in [3.63, 3.8) is 0 Å². The van der Waals surface area contributed by atoms with Crippen LogP contribution in [0.2, 0.25) is 0 Å². The van der Waals surface area contributed by atoms with Gasteiger partial charge in [0.05, 0.1) is 35.0 Å². The van der Waals surface area contributed by atoms with Gasteiger partial charge in [-0.3, -0.25) is 9.58 Å². The number of benzene rings is 1. The van der Waals surface area contributed by atoms with Gasteiger partial charge >= 0.3 is 6.09 Å². The summed E-state index contributed by atoms with van der Waals surface area (Å²) in [5.41, 5.74) is 3.52. The summed E-state index contributed by atoms with van der Waals surface area (Å²) in [5, 5.41) is 6.37. The van der Waals surface area contributed by atoms with Crippen LogP contribution < -0.4 is 9.64 Å². The number of hydrogen-bond acceptors (Lipinski definition) is 9. The van der Waals surface area contributed by atoms with Gasteiger partial charge in [0, 0.05) is 56.0 Å². The number of methoxy groups -OCH3 is 1. The first-order valence-corrected chi connectivity index (χ1v) is 13.4. The largest absolute Gasteiger partial charge is 0.466 e. The normalized spacial score (nSPS) is 18.0. The molecular formula is C29H37N7O4. The first kappa shape index (κ1) is 27.6. The Morgan fingerprint density at radius 1 is 1.07 bits per heavy atom. The molecule has 3 aromatic heterocycles. The van der Waals surface area contributed by atoms with Crippen LogP contribution in [0.25, 0.3) is 33.3 Å². The van der Waals surface area contributed by atoms with Crippen LogP contribution in [0, 0.1) is 6.92 Å². The molecule has 1 aliphatic rings. The first-order chi connectivity index (χ1) is 18.9. The van der Waals surface area contributed by atoms with E-state index < -0.39 is 5.60 Å². The monoisotopic (exact) mass is 547 g/mol. The van der Waals surface area contributed by atoms with Gasteiger partial charge in [-0.15, -0.1) is 0 Å². The van der Waals surface area contributed by atoms with Gasteiger partial charge in [0.15, 0.2) is 18.3 Å². The van der Waals surface area contributed by atoms with Crippen molar-refractivity contribution in [2.24, 2.45) is 7.05 Å². The van der Waals surface area contributed by atoms with Crippen molar-refractivity contribution in [3.8, 4) is 17.1 Å². The van der Waals surface area contributed by atoms with Crippen molar-refractivity contribution < 1.29 is 19.0 Å². The zero-order chi connectivity index (χ0) is 28.8. The fraction of sp³-hybridized carbons (Fsp3) is 0.483. The van der Waals surface area contributed by atoms with Crippen LogP contribution in [0.5, 0.6) is 5.75 Å². The maximum Gasteiger partial charge on any atom is 0.410 e. The summed E-state index contributed by atoms with van der Waals surface area (Å²) < 4.78 is 18.6. The number of carbonyl (C=O) groups excluding carboxylic acids is 1. The van der Waals surface area contributed by atoms with Gasteiger partial charge in [-0.05, 0) is 53.7 Å². The van der Waals surface area contributed by atoms with Gasteiger partial charge in [-0.2, -0.15) is 5.10 Å². The number of hydrogen-bond donors (Lipinski definition) is 0. The molecule has 40 heavy (non-hydrogen) atoms. The summed E-state index contributed by atoms with van der Waals surface area (Å²) in [4.78, 5) is 31.1. The standard InChI is InChI=1S/C29H37N7O4/c1-17-13-35(14-18(2)36(17)28(37)40-29(4,5)6)22-9-20-11-30-27(32-26(20)31-12-22)23-10-21-15-34(7)33-24(21)19(3)25(23)39-16-38-8/h9-12,15,17-18H,13-14,16H2,1-8H3/t17-,18+. The van der Waals surface area contributed by atoms with Crippen molar-refractivity contribution in [3.05, 3.63) is 36.3 Å². The number of amides is 1. The lowest BCUT2D eigenvalue weighted by Crippen LogP contribution is -2.59. The Bertz CT molecular complexity index is 1550. The summed E-state index contributed by atoms with van der Waals surface area (Å²) in [7, 11) is 3.48. The molecule has 1 saturated heterocycles. The third-order valence-corrected chi connectivity index (χ3v) is 6.97. The van der Waals surface area contributed by atoms with Gasteiger partial charge in [-0.1, -0.05) is 0 Å². The van der Waals surface area contributed by atoms with E-state index in [1.54, 1.807) is 18.0 Å². The quantitative estimate of drug-likeness (QED) is 0.328. The van der Waals surface area contributed by atoms with Crippen LogP contribution >= 0.6 is 0 Å². The molecule has 11 nitrogen and oxygen atoms in total. The highest BCUT2D eigenvalue weighted by atomic mass is 16.7. The topological polar surface area (TPSA) is 108 Å². The molecule has 0 unspecified atom stereocenters. The predicted octanol–water partition coefficient (Wildman–Crippen LogP) is 4.70. The molecule has 11 heteroatoms. The summed E-state index contributed by atoms with van der Waals surface area (Å²) in [6, 6.07) is 3.99. The van der Waals surface area contributed by atoms with Crippen LogP contribution in [-0.2, 0) is 16.5 Å². The van der Waals surface area contributed by atoms with Crippen LogP contribution in [-0.4, -0.2) is 80.4 Å². The minimum atomic E-state index is -0.534. The van der Waals surface area contributed by atoms with E-state index in [1.807, 2.05) is 78.0 Å². The van der Waals surface area contributed by atoms with E-state index >= 15 is 0 Å². The smallest absolute Gasteiger partial charge is 0.410 e. The number of anilines is 1. The SMILES string of the molecule is COCOc1c(-c2ncc3cc(N4C[C@@H](C)N(C(=O)OC(C)(C)C)[C@@H](C)C4)cnc3n2)cc2cn(C)nc2c1C. The highest BCUT2D eigenvalue weighted by Gasteiger charge is 2.35. The Hall–Kier alpha value is -3.99. The molecule has 0 aliphatic carbocycles. The van der Waals surface area contributed by atoms with Gasteiger partial charge < -0.3 is 19.1 Å². The molecule has 0 radical (unpaired) electrons. The Labute approximate surface area is 234 Å². The van der Waals surface area contributed by atoms with Crippen LogP contribution in [0.4, 0.5) is 10.5 Å². The van der Waals surface area contributed by atoms with Crippen molar-refractivity contribution in [2.75, 3.05) is 31.9 Å². The van der Waals surface area contributed by atoms with E-state index in [4.69, 9.17) is 29.2 Å². The Kier molecular flexibility index (Phi) is 7.26. The average molecular weight is 548 g/mol. The molecule has 212 valence electrons. The van der Waals surface area contributed by atoms with Gasteiger partial charge in [0.2, 0.25) is 0 Å². The lowest BCUT2D eigenvalue weighted by molar-refractivity contribution is 0.00565. The second-order valence-corrected chi connectivity index (χ2v) is 11.5. The molecule has 1 aromatic carbocycles. The summed E-state index contributed by atoms with van der Waals surface area (Å²) >= 11 is 0. The molecule has 1 aliphatic heterocycles. The van der Waals surface area contributed by atoms with E-state index in [0.29, 0.717) is 30.3 Å². The van der Waals surface area contributed by atoms with E-state index in [0.717, 1.165) is 33.1 Å². The molecule has 4 aromatic rings. The fourth-order valence-electron chi connectivity index (χ4n) is 5.33. The molecule has 1 fully saturated rings. The first-order valence-electron chi connectivity index (χ1n) is 13.4. The second-order valence-electron chi connectivity index (χ2n) is 11.5. The molecular weight excluding hydrogens is 510 g/mol. The number of aromatic nitrogens is 5. The Morgan fingerprint density at radius 3 is 2.48 bits per heavy atom. The van der Waals surface area contributed by atoms with Crippen LogP contribution in [0.1, 0.15) is 40.2 Å². The number of pyridine rings is 1. The van der Waals surface area contributed by atoms with E-state index in [2.05, 4.69) is 10.00 Å². The fourth-order valence-corrected chi connectivity index (χ4v) is 5.33. The molecule has 0 bridgehead atoms. The highest BCUT2D eigenvalue weighted by molar-refractivity contribution is 5.91. The van der Waals surface area contributed by atoms with Crippen LogP contribution in [0.3, 0.4) is 0 Å². The zero-order valence-corrected chi connectivity index (χ0v) is 24.4. The van der Waals surface area contributed by atoms with E-state index in [-0.39, 0.29) is 25.0 Å². The van der Waals surface area contributed by atoms with Gasteiger partial charge in [0.1, 0.15) is 11.4 Å². The lowest BCUT2D eigenvalue weighted by atomic mass is 10.0. The number of fused-ring (bicyclic) bond motifs is 2.